The summed E-state index contributed by atoms with van der Waals surface area (Å²) in [6.45, 7) is 0.179. The van der Waals surface area contributed by atoms with Gasteiger partial charge in [-0.2, -0.15) is 0 Å². The van der Waals surface area contributed by atoms with Gasteiger partial charge in [-0.1, -0.05) is 23.7 Å². The van der Waals surface area contributed by atoms with Gasteiger partial charge in [-0.25, -0.2) is 21.6 Å². The summed E-state index contributed by atoms with van der Waals surface area (Å²) in [7, 11) is -2.13. The average Bonchev–Trinajstić information content (AvgIpc) is 2.47. The van der Waals surface area contributed by atoms with E-state index in [0.717, 1.165) is 5.56 Å². The Morgan fingerprint density at radius 2 is 1.35 bits per heavy atom. The van der Waals surface area contributed by atoms with Crippen LogP contribution in [-0.4, -0.2) is 23.4 Å². The van der Waals surface area contributed by atoms with Crippen LogP contribution in [0.3, 0.4) is 0 Å². The summed E-state index contributed by atoms with van der Waals surface area (Å²) < 4.78 is 48.9. The van der Waals surface area contributed by atoms with Crippen molar-refractivity contribution in [2.75, 3.05) is 6.54 Å². The van der Waals surface area contributed by atoms with E-state index < -0.39 is 19.1 Å². The second kappa shape index (κ2) is 7.19. The molecule has 0 unspecified atom stereocenters. The van der Waals surface area contributed by atoms with E-state index in [-0.39, 0.29) is 16.3 Å². The Hall–Kier alpha value is -1.12. The second-order valence-corrected chi connectivity index (χ2v) is 9.45. The Balaban J connectivity index is 1.98. The number of hydrogen-bond acceptors (Lipinski definition) is 4. The lowest BCUT2D eigenvalue weighted by atomic mass is 10.2. The molecule has 124 valence electrons. The zero-order valence-electron chi connectivity index (χ0n) is 11.7. The average molecular weight is 394 g/mol. The second-order valence-electron chi connectivity index (χ2n) is 4.68. The molecule has 0 heterocycles. The highest BCUT2D eigenvalue weighted by Gasteiger charge is 2.13. The van der Waals surface area contributed by atoms with Crippen LogP contribution in [0.5, 0.6) is 0 Å². The Bertz CT molecular complexity index is 877. The molecule has 0 atom stereocenters. The molecule has 2 rings (SSSR count). The molecule has 0 fully saturated rings. The van der Waals surface area contributed by atoms with Gasteiger partial charge in [0.1, 0.15) is 0 Å². The molecule has 0 saturated carbocycles. The van der Waals surface area contributed by atoms with Crippen LogP contribution in [0.2, 0.25) is 5.02 Å². The topological polar surface area (TPSA) is 80.3 Å². The normalized spacial score (nSPS) is 12.3. The molecule has 0 saturated heterocycles. The SMILES string of the molecule is O=S(=O)(Cl)c1ccc(CCNS(=O)(=O)c2ccc(Cl)cc2)cc1. The summed E-state index contributed by atoms with van der Waals surface area (Å²) in [6, 6.07) is 11.8. The first kappa shape index (κ1) is 18.2. The van der Waals surface area contributed by atoms with Crippen molar-refractivity contribution in [1.82, 2.24) is 4.72 Å². The minimum atomic E-state index is -3.75. The maximum atomic E-state index is 12.1. The first-order valence-electron chi connectivity index (χ1n) is 6.47. The summed E-state index contributed by atoms with van der Waals surface area (Å²) in [4.78, 5) is 0.134. The maximum absolute atomic E-state index is 12.1. The molecule has 9 heteroatoms. The Labute approximate surface area is 144 Å². The van der Waals surface area contributed by atoms with Gasteiger partial charge in [-0.05, 0) is 48.4 Å². The number of halogens is 2. The molecule has 2 aromatic rings. The quantitative estimate of drug-likeness (QED) is 0.765. The van der Waals surface area contributed by atoms with Crippen molar-refractivity contribution in [1.29, 1.82) is 0 Å². The molecular formula is C14H13Cl2NO4S2. The first-order valence-corrected chi connectivity index (χ1v) is 10.6. The molecule has 0 spiro atoms. The first-order chi connectivity index (χ1) is 10.7. The molecule has 0 aliphatic carbocycles. The van der Waals surface area contributed by atoms with E-state index in [0.29, 0.717) is 11.4 Å². The molecule has 0 aromatic heterocycles. The van der Waals surface area contributed by atoms with E-state index in [4.69, 9.17) is 22.3 Å². The Kier molecular flexibility index (Phi) is 5.70. The summed E-state index contributed by atoms with van der Waals surface area (Å²) in [6.07, 6.45) is 0.412. The monoisotopic (exact) mass is 393 g/mol. The van der Waals surface area contributed by atoms with Crippen LogP contribution in [0.25, 0.3) is 0 Å². The number of rotatable bonds is 6. The molecule has 0 aliphatic heterocycles. The van der Waals surface area contributed by atoms with Crippen molar-refractivity contribution in [3.8, 4) is 0 Å². The summed E-state index contributed by atoms with van der Waals surface area (Å²) in [5.41, 5.74) is 0.785. The number of hydrogen-bond donors (Lipinski definition) is 1. The fourth-order valence-electron chi connectivity index (χ4n) is 1.85. The standard InChI is InChI=1S/C14H13Cl2NO4S2/c15-12-3-7-14(8-4-12)23(20,21)17-10-9-11-1-5-13(6-2-11)22(16,18)19/h1-8,17H,9-10H2. The van der Waals surface area contributed by atoms with Gasteiger partial charge >= 0.3 is 0 Å². The molecular weight excluding hydrogens is 381 g/mol. The van der Waals surface area contributed by atoms with Gasteiger partial charge < -0.3 is 0 Å². The van der Waals surface area contributed by atoms with Crippen molar-refractivity contribution in [2.24, 2.45) is 0 Å². The van der Waals surface area contributed by atoms with Gasteiger partial charge in [0.2, 0.25) is 10.0 Å². The smallest absolute Gasteiger partial charge is 0.211 e. The van der Waals surface area contributed by atoms with Gasteiger partial charge in [-0.3, -0.25) is 0 Å². The number of benzene rings is 2. The highest BCUT2D eigenvalue weighted by molar-refractivity contribution is 8.13. The largest absolute Gasteiger partial charge is 0.261 e. The minimum absolute atomic E-state index is 0.00432. The van der Waals surface area contributed by atoms with E-state index in [1.807, 2.05) is 0 Å². The predicted molar refractivity (Wildman–Crippen MR) is 89.8 cm³/mol. The van der Waals surface area contributed by atoms with Crippen LogP contribution in [0.1, 0.15) is 5.56 Å². The fraction of sp³-hybridized carbons (Fsp3) is 0.143. The zero-order chi connectivity index (χ0) is 17.1. The van der Waals surface area contributed by atoms with Crippen LogP contribution in [0.15, 0.2) is 58.3 Å². The van der Waals surface area contributed by atoms with Crippen molar-refractivity contribution < 1.29 is 16.8 Å². The van der Waals surface area contributed by atoms with E-state index >= 15 is 0 Å². The zero-order valence-corrected chi connectivity index (χ0v) is 14.9. The van der Waals surface area contributed by atoms with Gasteiger partial charge in [-0.15, -0.1) is 0 Å². The number of sulfonamides is 1. The third-order valence-corrected chi connectivity index (χ3v) is 6.13. The molecule has 0 amide bonds. The van der Waals surface area contributed by atoms with Crippen LogP contribution >= 0.6 is 22.3 Å². The molecule has 23 heavy (non-hydrogen) atoms. The highest BCUT2D eigenvalue weighted by atomic mass is 35.7. The van der Waals surface area contributed by atoms with Crippen LogP contribution in [0, 0.1) is 0 Å². The van der Waals surface area contributed by atoms with Crippen molar-refractivity contribution in [3.63, 3.8) is 0 Å². The van der Waals surface area contributed by atoms with Gasteiger partial charge in [0.15, 0.2) is 0 Å². The number of nitrogens with one attached hydrogen (secondary N) is 1. The summed E-state index contributed by atoms with van der Waals surface area (Å²) in [5.74, 6) is 0. The van der Waals surface area contributed by atoms with Gasteiger partial charge in [0, 0.05) is 22.2 Å². The lowest BCUT2D eigenvalue weighted by molar-refractivity contribution is 0.581. The van der Waals surface area contributed by atoms with E-state index in [2.05, 4.69) is 4.72 Å². The predicted octanol–water partition coefficient (Wildman–Crippen LogP) is 2.79. The fourth-order valence-corrected chi connectivity index (χ4v) is 3.77. The van der Waals surface area contributed by atoms with Crippen molar-refractivity contribution >= 4 is 41.4 Å². The van der Waals surface area contributed by atoms with E-state index in [9.17, 15) is 16.8 Å². The van der Waals surface area contributed by atoms with Crippen LogP contribution in [-0.2, 0) is 25.5 Å². The van der Waals surface area contributed by atoms with Gasteiger partial charge in [0.25, 0.3) is 9.05 Å². The maximum Gasteiger partial charge on any atom is 0.261 e. The summed E-state index contributed by atoms with van der Waals surface area (Å²) >= 11 is 5.72. The van der Waals surface area contributed by atoms with Gasteiger partial charge in [0.05, 0.1) is 9.79 Å². The third-order valence-electron chi connectivity index (χ3n) is 3.03. The minimum Gasteiger partial charge on any atom is -0.211 e. The van der Waals surface area contributed by atoms with E-state index in [1.54, 1.807) is 12.1 Å². The molecule has 5 nitrogen and oxygen atoms in total. The molecule has 0 aliphatic rings. The van der Waals surface area contributed by atoms with Crippen LogP contribution in [0.4, 0.5) is 0 Å². The molecule has 0 bridgehead atoms. The molecule has 0 radical (unpaired) electrons. The third kappa shape index (κ3) is 5.19. The Morgan fingerprint density at radius 1 is 0.826 bits per heavy atom. The van der Waals surface area contributed by atoms with Crippen molar-refractivity contribution in [2.45, 2.75) is 16.2 Å². The summed E-state index contributed by atoms with van der Waals surface area (Å²) in [5, 5.41) is 0.457. The molecule has 2 aromatic carbocycles. The highest BCUT2D eigenvalue weighted by Crippen LogP contribution is 2.16. The van der Waals surface area contributed by atoms with Crippen molar-refractivity contribution in [3.05, 3.63) is 59.1 Å². The lowest BCUT2D eigenvalue weighted by Gasteiger charge is -2.07. The lowest BCUT2D eigenvalue weighted by Crippen LogP contribution is -2.25. The van der Waals surface area contributed by atoms with Crippen LogP contribution < -0.4 is 4.72 Å². The molecule has 1 N–H and O–H groups in total. The Morgan fingerprint density at radius 3 is 1.87 bits per heavy atom. The van der Waals surface area contributed by atoms with E-state index in [1.165, 1.54) is 36.4 Å².